The Bertz CT molecular complexity index is 366. The molecule has 1 atom stereocenters. The molecule has 2 N–H and O–H groups in total. The van der Waals surface area contributed by atoms with E-state index in [1.807, 2.05) is 31.2 Å². The van der Waals surface area contributed by atoms with Crippen LogP contribution in [0, 0.1) is 9.49 Å². The predicted molar refractivity (Wildman–Crippen MR) is 75.6 cm³/mol. The van der Waals surface area contributed by atoms with Gasteiger partial charge in [0.05, 0.1) is 0 Å². The number of carbonyl (C=O) groups excluding carboxylic acids is 1. The summed E-state index contributed by atoms with van der Waals surface area (Å²) in [7, 11) is 0. The third-order valence-corrected chi connectivity index (χ3v) is 3.11. The number of rotatable bonds is 3. The summed E-state index contributed by atoms with van der Waals surface area (Å²) < 4.78 is 1.10. The lowest BCUT2D eigenvalue weighted by Gasteiger charge is -2.17. The normalized spacial score (nSPS) is 12.3. The van der Waals surface area contributed by atoms with Crippen LogP contribution >= 0.6 is 22.6 Å². The lowest BCUT2D eigenvalue weighted by Crippen LogP contribution is -2.38. The van der Waals surface area contributed by atoms with Crippen molar-refractivity contribution in [2.45, 2.75) is 26.8 Å². The fraction of sp³-hybridized carbons (Fsp3) is 0.417. The molecule has 0 heterocycles. The largest absolute Gasteiger partial charge is 0.335 e. The maximum absolute atomic E-state index is 11.6. The second kappa shape index (κ2) is 6.08. The maximum atomic E-state index is 11.6. The van der Waals surface area contributed by atoms with Crippen LogP contribution in [0.2, 0.25) is 0 Å². The van der Waals surface area contributed by atoms with E-state index in [1.54, 1.807) is 0 Å². The van der Waals surface area contributed by atoms with E-state index in [4.69, 9.17) is 0 Å². The Kier molecular flexibility index (Phi) is 5.05. The fourth-order valence-electron chi connectivity index (χ4n) is 1.11. The van der Waals surface area contributed by atoms with E-state index in [1.165, 1.54) is 0 Å². The standard InChI is InChI=1S/C12H17IN2O/c1-8(2)9(3)14-12(16)15-11-6-4-5-10(13)7-11/h4-9H,1-3H3,(H2,14,15,16). The van der Waals surface area contributed by atoms with Gasteiger partial charge in [-0.2, -0.15) is 0 Å². The lowest BCUT2D eigenvalue weighted by atomic mass is 10.1. The Morgan fingerprint density at radius 1 is 1.31 bits per heavy atom. The third kappa shape index (κ3) is 4.38. The van der Waals surface area contributed by atoms with Crippen molar-refractivity contribution < 1.29 is 4.79 Å². The Labute approximate surface area is 110 Å². The van der Waals surface area contributed by atoms with E-state index in [0.29, 0.717) is 5.92 Å². The summed E-state index contributed by atoms with van der Waals surface area (Å²) in [5.74, 6) is 0.432. The Balaban J connectivity index is 2.52. The summed E-state index contributed by atoms with van der Waals surface area (Å²) in [6, 6.07) is 7.73. The molecule has 0 aliphatic rings. The lowest BCUT2D eigenvalue weighted by molar-refractivity contribution is 0.246. The van der Waals surface area contributed by atoms with Gasteiger partial charge in [0.25, 0.3) is 0 Å². The molecule has 2 amide bonds. The van der Waals surface area contributed by atoms with Gasteiger partial charge in [-0.05, 0) is 53.6 Å². The molecule has 0 saturated carbocycles. The summed E-state index contributed by atoms with van der Waals surface area (Å²) in [4.78, 5) is 11.6. The van der Waals surface area contributed by atoms with Gasteiger partial charge >= 0.3 is 6.03 Å². The van der Waals surface area contributed by atoms with Gasteiger partial charge in [-0.1, -0.05) is 19.9 Å². The van der Waals surface area contributed by atoms with Crippen molar-refractivity contribution >= 4 is 34.3 Å². The molecule has 88 valence electrons. The molecule has 0 bridgehead atoms. The van der Waals surface area contributed by atoms with E-state index < -0.39 is 0 Å². The quantitative estimate of drug-likeness (QED) is 0.818. The zero-order valence-corrected chi connectivity index (χ0v) is 11.9. The second-order valence-corrected chi connectivity index (χ2v) is 5.39. The van der Waals surface area contributed by atoms with Gasteiger partial charge in [-0.15, -0.1) is 0 Å². The van der Waals surface area contributed by atoms with Gasteiger partial charge in [0.1, 0.15) is 0 Å². The molecule has 1 rings (SSSR count). The number of hydrogen-bond donors (Lipinski definition) is 2. The smallest absolute Gasteiger partial charge is 0.319 e. The van der Waals surface area contributed by atoms with Gasteiger partial charge in [-0.3, -0.25) is 0 Å². The highest BCUT2D eigenvalue weighted by Gasteiger charge is 2.10. The zero-order valence-electron chi connectivity index (χ0n) is 9.75. The second-order valence-electron chi connectivity index (χ2n) is 4.14. The molecule has 1 aromatic carbocycles. The van der Waals surface area contributed by atoms with Crippen molar-refractivity contribution in [3.05, 3.63) is 27.8 Å². The minimum absolute atomic E-state index is 0.150. The van der Waals surface area contributed by atoms with Crippen molar-refractivity contribution in [2.24, 2.45) is 5.92 Å². The van der Waals surface area contributed by atoms with E-state index in [0.717, 1.165) is 9.26 Å². The van der Waals surface area contributed by atoms with E-state index >= 15 is 0 Å². The number of anilines is 1. The average molecular weight is 332 g/mol. The molecule has 1 unspecified atom stereocenters. The van der Waals surface area contributed by atoms with Crippen molar-refractivity contribution in [1.82, 2.24) is 5.32 Å². The topological polar surface area (TPSA) is 41.1 Å². The number of benzene rings is 1. The Morgan fingerprint density at radius 2 is 2.00 bits per heavy atom. The van der Waals surface area contributed by atoms with Crippen LogP contribution in [0.5, 0.6) is 0 Å². The number of hydrogen-bond acceptors (Lipinski definition) is 1. The van der Waals surface area contributed by atoms with Gasteiger partial charge in [0.15, 0.2) is 0 Å². The van der Waals surface area contributed by atoms with Gasteiger partial charge < -0.3 is 10.6 Å². The molecule has 3 nitrogen and oxygen atoms in total. The first-order valence-electron chi connectivity index (χ1n) is 5.32. The molecule has 0 saturated heterocycles. The first-order valence-corrected chi connectivity index (χ1v) is 6.40. The highest BCUT2D eigenvalue weighted by molar-refractivity contribution is 14.1. The molecular formula is C12H17IN2O. The number of nitrogens with one attached hydrogen (secondary N) is 2. The number of urea groups is 1. The van der Waals surface area contributed by atoms with Gasteiger partial charge in [0, 0.05) is 15.3 Å². The molecule has 0 radical (unpaired) electrons. The van der Waals surface area contributed by atoms with Crippen LogP contribution in [0.15, 0.2) is 24.3 Å². The van der Waals surface area contributed by atoms with Gasteiger partial charge in [-0.25, -0.2) is 4.79 Å². The first-order chi connectivity index (χ1) is 7.49. The Hall–Kier alpha value is -0.780. The Morgan fingerprint density at radius 3 is 2.56 bits per heavy atom. The molecule has 0 aliphatic heterocycles. The highest BCUT2D eigenvalue weighted by Crippen LogP contribution is 2.12. The minimum Gasteiger partial charge on any atom is -0.335 e. The summed E-state index contributed by atoms with van der Waals surface area (Å²) in [6.07, 6.45) is 0. The van der Waals surface area contributed by atoms with Crippen LogP contribution in [-0.2, 0) is 0 Å². The summed E-state index contributed by atoms with van der Waals surface area (Å²) in [5, 5.41) is 5.71. The monoisotopic (exact) mass is 332 g/mol. The highest BCUT2D eigenvalue weighted by atomic mass is 127. The molecular weight excluding hydrogens is 315 g/mol. The molecule has 4 heteroatoms. The zero-order chi connectivity index (χ0) is 12.1. The maximum Gasteiger partial charge on any atom is 0.319 e. The third-order valence-electron chi connectivity index (χ3n) is 2.44. The molecule has 0 aromatic heterocycles. The number of carbonyl (C=O) groups is 1. The average Bonchev–Trinajstić information content (AvgIpc) is 2.16. The fourth-order valence-corrected chi connectivity index (χ4v) is 1.65. The van der Waals surface area contributed by atoms with Crippen molar-refractivity contribution in [3.8, 4) is 0 Å². The van der Waals surface area contributed by atoms with Crippen LogP contribution in [0.3, 0.4) is 0 Å². The molecule has 0 aliphatic carbocycles. The summed E-state index contributed by atoms with van der Waals surface area (Å²) in [5.41, 5.74) is 0.820. The SMILES string of the molecule is CC(C)C(C)NC(=O)Nc1cccc(I)c1. The summed E-state index contributed by atoms with van der Waals surface area (Å²) in [6.45, 7) is 6.16. The van der Waals surface area contributed by atoms with Crippen molar-refractivity contribution in [3.63, 3.8) is 0 Å². The van der Waals surface area contributed by atoms with Crippen LogP contribution in [0.1, 0.15) is 20.8 Å². The van der Waals surface area contributed by atoms with Crippen LogP contribution in [0.4, 0.5) is 10.5 Å². The van der Waals surface area contributed by atoms with Gasteiger partial charge in [0.2, 0.25) is 0 Å². The minimum atomic E-state index is -0.150. The first kappa shape index (κ1) is 13.3. The molecule has 1 aromatic rings. The number of halogens is 1. The van der Waals surface area contributed by atoms with Crippen LogP contribution in [0.25, 0.3) is 0 Å². The van der Waals surface area contributed by atoms with E-state index in [-0.39, 0.29) is 12.1 Å². The van der Waals surface area contributed by atoms with E-state index in [2.05, 4.69) is 47.1 Å². The number of amides is 2. The molecule has 0 fully saturated rings. The van der Waals surface area contributed by atoms with Crippen molar-refractivity contribution in [2.75, 3.05) is 5.32 Å². The van der Waals surface area contributed by atoms with Crippen molar-refractivity contribution in [1.29, 1.82) is 0 Å². The molecule has 16 heavy (non-hydrogen) atoms. The molecule has 0 spiro atoms. The van der Waals surface area contributed by atoms with E-state index in [9.17, 15) is 4.79 Å². The van der Waals surface area contributed by atoms with Crippen LogP contribution in [-0.4, -0.2) is 12.1 Å². The predicted octanol–water partition coefficient (Wildman–Crippen LogP) is 3.46. The van der Waals surface area contributed by atoms with Crippen LogP contribution < -0.4 is 10.6 Å². The summed E-state index contributed by atoms with van der Waals surface area (Å²) >= 11 is 2.22.